The predicted octanol–water partition coefficient (Wildman–Crippen LogP) is 1.45. The fraction of sp³-hybridized carbons (Fsp3) is 0.125. The van der Waals surface area contributed by atoms with Crippen molar-refractivity contribution in [3.05, 3.63) is 24.0 Å². The molecule has 3 N–H and O–H groups in total. The molecule has 0 saturated carbocycles. The van der Waals surface area contributed by atoms with Crippen molar-refractivity contribution in [2.24, 2.45) is 0 Å². The summed E-state index contributed by atoms with van der Waals surface area (Å²) in [4.78, 5) is 7.15. The molecule has 0 aliphatic carbocycles. The minimum atomic E-state index is 0.590. The number of nitrogens with two attached hydrogens (primary N) is 1. The summed E-state index contributed by atoms with van der Waals surface area (Å²) in [6.45, 7) is 2.01. The minimum absolute atomic E-state index is 0.590. The van der Waals surface area contributed by atoms with Gasteiger partial charge >= 0.3 is 0 Å². The minimum Gasteiger partial charge on any atom is -0.383 e. The molecule has 0 fully saturated rings. The number of H-pyrrole nitrogens is 1. The van der Waals surface area contributed by atoms with Crippen LogP contribution in [0.5, 0.6) is 0 Å². The van der Waals surface area contributed by atoms with Gasteiger partial charge in [0.05, 0.1) is 5.52 Å². The molecule has 0 atom stereocenters. The molecule has 0 saturated heterocycles. The summed E-state index contributed by atoms with van der Waals surface area (Å²) in [5, 5.41) is 1.00. The van der Waals surface area contributed by atoms with Crippen molar-refractivity contribution in [3.8, 4) is 0 Å². The zero-order valence-corrected chi connectivity index (χ0v) is 6.26. The van der Waals surface area contributed by atoms with Gasteiger partial charge in [0.1, 0.15) is 5.82 Å². The zero-order chi connectivity index (χ0) is 7.84. The quantitative estimate of drug-likeness (QED) is 0.592. The third kappa shape index (κ3) is 0.774. The molecular formula is C8H9N3. The second-order valence-corrected chi connectivity index (χ2v) is 2.59. The maximum absolute atomic E-state index is 5.64. The average molecular weight is 147 g/mol. The molecule has 11 heavy (non-hydrogen) atoms. The molecule has 0 aliphatic rings. The van der Waals surface area contributed by atoms with E-state index < -0.39 is 0 Å². The Labute approximate surface area is 64.2 Å². The first-order valence-electron chi connectivity index (χ1n) is 3.47. The number of aryl methyl sites for hydroxylation is 1. The largest absolute Gasteiger partial charge is 0.383 e. The number of aromatic nitrogens is 2. The lowest BCUT2D eigenvalue weighted by molar-refractivity contribution is 1.30. The van der Waals surface area contributed by atoms with Gasteiger partial charge in [-0.25, -0.2) is 4.98 Å². The van der Waals surface area contributed by atoms with Gasteiger partial charge in [-0.05, 0) is 18.6 Å². The molecule has 0 aromatic carbocycles. The highest BCUT2D eigenvalue weighted by Gasteiger charge is 2.01. The molecule has 0 radical (unpaired) electrons. The van der Waals surface area contributed by atoms with Crippen LogP contribution in [0.25, 0.3) is 10.9 Å². The summed E-state index contributed by atoms with van der Waals surface area (Å²) in [5.41, 5.74) is 7.84. The first-order chi connectivity index (χ1) is 5.29. The molecule has 0 unspecified atom stereocenters. The van der Waals surface area contributed by atoms with Gasteiger partial charge in [-0.15, -0.1) is 0 Å². The number of hydrogen-bond donors (Lipinski definition) is 2. The molecule has 0 amide bonds. The van der Waals surface area contributed by atoms with Crippen molar-refractivity contribution in [1.82, 2.24) is 9.97 Å². The van der Waals surface area contributed by atoms with E-state index in [0.717, 1.165) is 16.5 Å². The third-order valence-corrected chi connectivity index (χ3v) is 1.81. The van der Waals surface area contributed by atoms with Gasteiger partial charge in [-0.2, -0.15) is 0 Å². The number of nitrogens with zero attached hydrogens (tertiary/aromatic N) is 1. The Kier molecular flexibility index (Phi) is 1.12. The van der Waals surface area contributed by atoms with Crippen LogP contribution in [0.15, 0.2) is 18.5 Å². The molecule has 3 heteroatoms. The van der Waals surface area contributed by atoms with Crippen LogP contribution in [-0.2, 0) is 0 Å². The number of fused-ring (bicyclic) bond motifs is 1. The molecule has 2 rings (SSSR count). The first kappa shape index (κ1) is 6.22. The van der Waals surface area contributed by atoms with E-state index in [1.165, 1.54) is 0 Å². The van der Waals surface area contributed by atoms with Crippen LogP contribution < -0.4 is 5.73 Å². The van der Waals surface area contributed by atoms with Gasteiger partial charge in [0, 0.05) is 17.8 Å². The van der Waals surface area contributed by atoms with E-state index in [4.69, 9.17) is 5.73 Å². The van der Waals surface area contributed by atoms with Crippen LogP contribution in [-0.4, -0.2) is 9.97 Å². The second kappa shape index (κ2) is 1.99. The highest BCUT2D eigenvalue weighted by atomic mass is 14.8. The summed E-state index contributed by atoms with van der Waals surface area (Å²) in [7, 11) is 0. The lowest BCUT2D eigenvalue weighted by atomic mass is 10.2. The third-order valence-electron chi connectivity index (χ3n) is 1.81. The molecule has 3 nitrogen and oxygen atoms in total. The first-order valence-corrected chi connectivity index (χ1v) is 3.47. The number of hydrogen-bond acceptors (Lipinski definition) is 2. The number of rotatable bonds is 0. The summed E-state index contributed by atoms with van der Waals surface area (Å²) in [5.74, 6) is 0.590. The van der Waals surface area contributed by atoms with E-state index in [-0.39, 0.29) is 0 Å². The second-order valence-electron chi connectivity index (χ2n) is 2.59. The van der Waals surface area contributed by atoms with E-state index in [1.54, 1.807) is 6.20 Å². The summed E-state index contributed by atoms with van der Waals surface area (Å²) in [6, 6.07) is 1.94. The number of aromatic amines is 1. The molecule has 2 heterocycles. The summed E-state index contributed by atoms with van der Waals surface area (Å²) >= 11 is 0. The van der Waals surface area contributed by atoms with Crippen molar-refractivity contribution >= 4 is 16.7 Å². The average Bonchev–Trinajstić information content (AvgIpc) is 2.45. The Morgan fingerprint density at radius 1 is 1.55 bits per heavy atom. The lowest BCUT2D eigenvalue weighted by Gasteiger charge is -1.97. The van der Waals surface area contributed by atoms with Crippen molar-refractivity contribution < 1.29 is 0 Å². The van der Waals surface area contributed by atoms with Crippen molar-refractivity contribution in [2.45, 2.75) is 6.92 Å². The van der Waals surface area contributed by atoms with Gasteiger partial charge in [0.2, 0.25) is 0 Å². The van der Waals surface area contributed by atoms with E-state index in [1.807, 2.05) is 19.2 Å². The number of nitrogen functional groups attached to an aromatic ring is 1. The predicted molar refractivity (Wildman–Crippen MR) is 45.2 cm³/mol. The van der Waals surface area contributed by atoms with Gasteiger partial charge in [-0.1, -0.05) is 0 Å². The molecule has 2 aromatic heterocycles. The SMILES string of the molecule is Cc1cnc(N)c2cc[nH]c12. The van der Waals surface area contributed by atoms with E-state index in [0.29, 0.717) is 5.82 Å². The molecular weight excluding hydrogens is 138 g/mol. The Balaban J connectivity index is 2.96. The van der Waals surface area contributed by atoms with Gasteiger partial charge in [0.25, 0.3) is 0 Å². The topological polar surface area (TPSA) is 54.7 Å². The van der Waals surface area contributed by atoms with Crippen LogP contribution in [0.1, 0.15) is 5.56 Å². The van der Waals surface area contributed by atoms with E-state index in [9.17, 15) is 0 Å². The maximum Gasteiger partial charge on any atom is 0.132 e. The number of pyridine rings is 1. The van der Waals surface area contributed by atoms with Crippen molar-refractivity contribution in [2.75, 3.05) is 5.73 Å². The van der Waals surface area contributed by atoms with E-state index in [2.05, 4.69) is 9.97 Å². The van der Waals surface area contributed by atoms with Gasteiger partial charge < -0.3 is 10.7 Å². The summed E-state index contributed by atoms with van der Waals surface area (Å²) < 4.78 is 0. The molecule has 56 valence electrons. The molecule has 0 bridgehead atoms. The fourth-order valence-electron chi connectivity index (χ4n) is 1.21. The van der Waals surface area contributed by atoms with Gasteiger partial charge in [0.15, 0.2) is 0 Å². The number of anilines is 1. The smallest absolute Gasteiger partial charge is 0.132 e. The van der Waals surface area contributed by atoms with Gasteiger partial charge in [-0.3, -0.25) is 0 Å². The van der Waals surface area contributed by atoms with Crippen molar-refractivity contribution in [1.29, 1.82) is 0 Å². The zero-order valence-electron chi connectivity index (χ0n) is 6.26. The van der Waals surface area contributed by atoms with Crippen molar-refractivity contribution in [3.63, 3.8) is 0 Å². The maximum atomic E-state index is 5.64. The normalized spacial score (nSPS) is 10.6. The molecule has 0 aliphatic heterocycles. The Hall–Kier alpha value is -1.51. The molecule has 2 aromatic rings. The monoisotopic (exact) mass is 147 g/mol. The standard InChI is InChI=1S/C8H9N3/c1-5-4-11-8(9)6-2-3-10-7(5)6/h2-4,10H,1H3,(H2,9,11). The summed E-state index contributed by atoms with van der Waals surface area (Å²) in [6.07, 6.45) is 3.64. The van der Waals surface area contributed by atoms with Crippen LogP contribution in [0.3, 0.4) is 0 Å². The van der Waals surface area contributed by atoms with Crippen LogP contribution in [0, 0.1) is 6.92 Å². The fourth-order valence-corrected chi connectivity index (χ4v) is 1.21. The Morgan fingerprint density at radius 3 is 3.09 bits per heavy atom. The number of nitrogens with one attached hydrogen (secondary N) is 1. The lowest BCUT2D eigenvalue weighted by Crippen LogP contribution is -1.90. The van der Waals surface area contributed by atoms with Crippen LogP contribution in [0.2, 0.25) is 0 Å². The molecule has 0 spiro atoms. The van der Waals surface area contributed by atoms with Crippen LogP contribution in [0.4, 0.5) is 5.82 Å². The Morgan fingerprint density at radius 2 is 2.36 bits per heavy atom. The highest BCUT2D eigenvalue weighted by Crippen LogP contribution is 2.19. The van der Waals surface area contributed by atoms with Crippen LogP contribution >= 0.6 is 0 Å². The van der Waals surface area contributed by atoms with E-state index >= 15 is 0 Å². The highest BCUT2D eigenvalue weighted by molar-refractivity contribution is 5.90. The Bertz CT molecular complexity index is 353.